The number of carbonyl (C=O) groups is 2. The molecule has 144 valence electrons. The van der Waals surface area contributed by atoms with E-state index in [0.29, 0.717) is 21.7 Å². The molecule has 2 aromatic carbocycles. The molecule has 0 amide bonds. The largest absolute Gasteiger partial charge is 0.367 e. The van der Waals surface area contributed by atoms with E-state index >= 15 is 0 Å². The van der Waals surface area contributed by atoms with E-state index in [-0.39, 0.29) is 17.0 Å². The Balaban J connectivity index is 1.75. The highest BCUT2D eigenvalue weighted by Crippen LogP contribution is 2.39. The lowest BCUT2D eigenvalue weighted by Crippen LogP contribution is -2.31. The normalized spacial score (nSPS) is 17.3. The van der Waals surface area contributed by atoms with Gasteiger partial charge in [0.25, 0.3) is 0 Å². The minimum atomic E-state index is -0.0398. The standard InChI is InChI=1S/C24H25NO2S/c1-24(2,3)16-10-12-17(13-11-16)28-23-20(25-14-6-7-15-25)21(26)18-8-4-5-9-19(18)22(23)27/h4-5,8-13H,6-7,14-15H2,1-3H3. The van der Waals surface area contributed by atoms with E-state index in [2.05, 4.69) is 49.9 Å². The van der Waals surface area contributed by atoms with Gasteiger partial charge in [-0.05, 0) is 36.0 Å². The summed E-state index contributed by atoms with van der Waals surface area (Å²) in [7, 11) is 0. The topological polar surface area (TPSA) is 37.4 Å². The first kappa shape index (κ1) is 19.0. The van der Waals surface area contributed by atoms with Crippen LogP contribution >= 0.6 is 11.8 Å². The monoisotopic (exact) mass is 391 g/mol. The number of carbonyl (C=O) groups excluding carboxylic acids is 2. The molecule has 1 aliphatic heterocycles. The van der Waals surface area contributed by atoms with Crippen LogP contribution in [0.1, 0.15) is 59.9 Å². The fourth-order valence-corrected chi connectivity index (χ4v) is 4.83. The van der Waals surface area contributed by atoms with Crippen molar-refractivity contribution in [3.8, 4) is 0 Å². The summed E-state index contributed by atoms with van der Waals surface area (Å²) in [5, 5.41) is 0. The number of likely N-dealkylation sites (tertiary alicyclic amines) is 1. The van der Waals surface area contributed by atoms with Crippen molar-refractivity contribution in [3.63, 3.8) is 0 Å². The lowest BCUT2D eigenvalue weighted by molar-refractivity contribution is 0.0954. The fraction of sp³-hybridized carbons (Fsp3) is 0.333. The first-order chi connectivity index (χ1) is 13.4. The average Bonchev–Trinajstić information content (AvgIpc) is 3.20. The Kier molecular flexibility index (Phi) is 4.92. The van der Waals surface area contributed by atoms with Crippen molar-refractivity contribution in [2.75, 3.05) is 13.1 Å². The zero-order valence-electron chi connectivity index (χ0n) is 16.6. The molecule has 1 heterocycles. The minimum absolute atomic E-state index is 0.0223. The highest BCUT2D eigenvalue weighted by Gasteiger charge is 2.36. The molecule has 0 aromatic heterocycles. The predicted octanol–water partition coefficient (Wildman–Crippen LogP) is 5.46. The van der Waals surface area contributed by atoms with Crippen molar-refractivity contribution in [2.24, 2.45) is 0 Å². The summed E-state index contributed by atoms with van der Waals surface area (Å²) in [6, 6.07) is 15.5. The maximum atomic E-state index is 13.3. The third-order valence-electron chi connectivity index (χ3n) is 5.42. The number of ketones is 2. The molecular formula is C24H25NO2S. The van der Waals surface area contributed by atoms with Gasteiger partial charge in [-0.15, -0.1) is 0 Å². The molecule has 1 aliphatic carbocycles. The van der Waals surface area contributed by atoms with Crippen LogP contribution < -0.4 is 0 Å². The van der Waals surface area contributed by atoms with E-state index in [0.717, 1.165) is 30.8 Å². The van der Waals surface area contributed by atoms with Crippen molar-refractivity contribution >= 4 is 23.3 Å². The molecule has 1 fully saturated rings. The molecular weight excluding hydrogens is 366 g/mol. The molecule has 28 heavy (non-hydrogen) atoms. The van der Waals surface area contributed by atoms with Crippen LogP contribution in [-0.2, 0) is 5.41 Å². The first-order valence-electron chi connectivity index (χ1n) is 9.82. The van der Waals surface area contributed by atoms with E-state index in [1.807, 2.05) is 12.1 Å². The summed E-state index contributed by atoms with van der Waals surface area (Å²) in [4.78, 5) is 30.2. The lowest BCUT2D eigenvalue weighted by Gasteiger charge is -2.27. The van der Waals surface area contributed by atoms with Crippen LogP contribution in [0.4, 0.5) is 0 Å². The number of rotatable bonds is 3. The second kappa shape index (κ2) is 7.25. The van der Waals surface area contributed by atoms with Gasteiger partial charge < -0.3 is 4.90 Å². The van der Waals surface area contributed by atoms with Crippen LogP contribution in [0.25, 0.3) is 0 Å². The van der Waals surface area contributed by atoms with Crippen LogP contribution in [0.5, 0.6) is 0 Å². The summed E-state index contributed by atoms with van der Waals surface area (Å²) in [5.41, 5.74) is 2.97. The molecule has 2 aliphatic rings. The highest BCUT2D eigenvalue weighted by molar-refractivity contribution is 8.04. The van der Waals surface area contributed by atoms with Gasteiger partial charge in [-0.1, -0.05) is 68.9 Å². The molecule has 0 saturated carbocycles. The Bertz CT molecular complexity index is 961. The van der Waals surface area contributed by atoms with E-state index in [9.17, 15) is 9.59 Å². The van der Waals surface area contributed by atoms with Crippen molar-refractivity contribution < 1.29 is 9.59 Å². The van der Waals surface area contributed by atoms with Crippen LogP contribution in [0.2, 0.25) is 0 Å². The molecule has 0 spiro atoms. The Hall–Kier alpha value is -2.33. The zero-order valence-corrected chi connectivity index (χ0v) is 17.4. The number of thioether (sulfide) groups is 1. The highest BCUT2D eigenvalue weighted by atomic mass is 32.2. The average molecular weight is 392 g/mol. The summed E-state index contributed by atoms with van der Waals surface area (Å²) < 4.78 is 0. The number of fused-ring (bicyclic) bond motifs is 1. The summed E-state index contributed by atoms with van der Waals surface area (Å²) in [6.45, 7) is 8.23. The van der Waals surface area contributed by atoms with Crippen molar-refractivity contribution in [3.05, 3.63) is 75.8 Å². The van der Waals surface area contributed by atoms with Crippen LogP contribution in [0.3, 0.4) is 0 Å². The van der Waals surface area contributed by atoms with E-state index < -0.39 is 0 Å². The molecule has 0 bridgehead atoms. The summed E-state index contributed by atoms with van der Waals surface area (Å²) in [6.07, 6.45) is 2.12. The molecule has 1 saturated heterocycles. The van der Waals surface area contributed by atoms with Crippen molar-refractivity contribution in [1.29, 1.82) is 0 Å². The van der Waals surface area contributed by atoms with Crippen molar-refractivity contribution in [2.45, 2.75) is 43.9 Å². The quantitative estimate of drug-likeness (QED) is 0.696. The van der Waals surface area contributed by atoms with Gasteiger partial charge in [-0.3, -0.25) is 9.59 Å². The number of hydrogen-bond donors (Lipinski definition) is 0. The molecule has 3 nitrogen and oxygen atoms in total. The fourth-order valence-electron chi connectivity index (χ4n) is 3.80. The number of benzene rings is 2. The summed E-state index contributed by atoms with van der Waals surface area (Å²) >= 11 is 1.42. The van der Waals surface area contributed by atoms with Gasteiger partial charge in [0.15, 0.2) is 0 Å². The molecule has 0 N–H and O–H groups in total. The molecule has 0 radical (unpaired) electrons. The smallest absolute Gasteiger partial charge is 0.211 e. The van der Waals surface area contributed by atoms with Crippen LogP contribution in [0, 0.1) is 0 Å². The van der Waals surface area contributed by atoms with Gasteiger partial charge in [-0.25, -0.2) is 0 Å². The number of Topliss-reactive ketones (excluding diaryl/α,β-unsaturated/α-hetero) is 2. The van der Waals surface area contributed by atoms with Gasteiger partial charge in [0, 0.05) is 29.1 Å². The lowest BCUT2D eigenvalue weighted by atomic mass is 9.87. The molecule has 4 heteroatoms. The van der Waals surface area contributed by atoms with Crippen LogP contribution in [-0.4, -0.2) is 29.6 Å². The predicted molar refractivity (Wildman–Crippen MR) is 114 cm³/mol. The zero-order chi connectivity index (χ0) is 19.9. The van der Waals surface area contributed by atoms with Gasteiger partial charge >= 0.3 is 0 Å². The number of hydrogen-bond acceptors (Lipinski definition) is 4. The maximum Gasteiger partial charge on any atom is 0.211 e. The third-order valence-corrected chi connectivity index (χ3v) is 6.51. The molecule has 0 atom stereocenters. The minimum Gasteiger partial charge on any atom is -0.367 e. The molecule has 2 aromatic rings. The second-order valence-electron chi connectivity index (χ2n) is 8.45. The van der Waals surface area contributed by atoms with Gasteiger partial charge in [-0.2, -0.15) is 0 Å². The van der Waals surface area contributed by atoms with E-state index in [1.165, 1.54) is 17.3 Å². The molecule has 4 rings (SSSR count). The Labute approximate surface area is 170 Å². The van der Waals surface area contributed by atoms with Crippen molar-refractivity contribution in [1.82, 2.24) is 4.90 Å². The van der Waals surface area contributed by atoms with Gasteiger partial charge in [0.1, 0.15) is 5.70 Å². The Morgan fingerprint density at radius 2 is 1.39 bits per heavy atom. The molecule has 0 unspecified atom stereocenters. The van der Waals surface area contributed by atoms with Gasteiger partial charge in [0.05, 0.1) is 4.91 Å². The summed E-state index contributed by atoms with van der Waals surface area (Å²) in [5.74, 6) is -0.0621. The third kappa shape index (κ3) is 3.42. The Morgan fingerprint density at radius 3 is 1.96 bits per heavy atom. The van der Waals surface area contributed by atoms with Crippen LogP contribution in [0.15, 0.2) is 64.0 Å². The number of allylic oxidation sites excluding steroid dienone is 2. The Morgan fingerprint density at radius 1 is 0.821 bits per heavy atom. The van der Waals surface area contributed by atoms with E-state index in [4.69, 9.17) is 0 Å². The van der Waals surface area contributed by atoms with Gasteiger partial charge in [0.2, 0.25) is 11.6 Å². The number of nitrogens with zero attached hydrogens (tertiary/aromatic N) is 1. The van der Waals surface area contributed by atoms with E-state index in [1.54, 1.807) is 12.1 Å². The SMILES string of the molecule is CC(C)(C)c1ccc(SC2=C(N3CCCC3)C(=O)c3ccccc3C2=O)cc1. The second-order valence-corrected chi connectivity index (χ2v) is 9.54. The maximum absolute atomic E-state index is 13.3. The first-order valence-corrected chi connectivity index (χ1v) is 10.6.